The Bertz CT molecular complexity index is 4180. The largest absolute Gasteiger partial charge is 0.309 e. The van der Waals surface area contributed by atoms with Gasteiger partial charge >= 0.3 is 0 Å². The molecule has 0 amide bonds. The van der Waals surface area contributed by atoms with Gasteiger partial charge in [0.25, 0.3) is 0 Å². The Morgan fingerprint density at radius 2 is 0.696 bits per heavy atom. The summed E-state index contributed by atoms with van der Waals surface area (Å²) in [7, 11) is 0. The molecule has 0 radical (unpaired) electrons. The Kier molecular flexibility index (Phi) is 8.52. The fraction of sp³-hybridized carbons (Fsp3) is 0.0909. The minimum absolute atomic E-state index is 0.228. The number of hydrogen-bond donors (Lipinski definition) is 0. The van der Waals surface area contributed by atoms with Crippen LogP contribution in [0.2, 0.25) is 0 Å². The van der Waals surface area contributed by atoms with Gasteiger partial charge in [-0.2, -0.15) is 0 Å². The molecule has 13 aromatic rings. The minimum Gasteiger partial charge on any atom is -0.309 e. The number of aryl methyl sites for hydroxylation is 1. The lowest BCUT2D eigenvalue weighted by molar-refractivity contribution is 0.661. The first-order valence-corrected chi connectivity index (χ1v) is 24.3. The average Bonchev–Trinajstić information content (AvgIpc) is 4.08. The van der Waals surface area contributed by atoms with Crippen LogP contribution >= 0.6 is 0 Å². The van der Waals surface area contributed by atoms with E-state index in [-0.39, 0.29) is 11.3 Å². The third-order valence-corrected chi connectivity index (χ3v) is 15.7. The van der Waals surface area contributed by atoms with Crippen LogP contribution in [0.25, 0.3) is 105 Å². The molecule has 3 nitrogen and oxygen atoms in total. The summed E-state index contributed by atoms with van der Waals surface area (Å²) in [6, 6.07) is 81.4. The molecule has 1 unspecified atom stereocenters. The van der Waals surface area contributed by atoms with Crippen LogP contribution in [-0.4, -0.2) is 13.7 Å². The highest BCUT2D eigenvalue weighted by molar-refractivity contribution is 6.15. The molecule has 0 saturated carbocycles. The van der Waals surface area contributed by atoms with Crippen molar-refractivity contribution in [3.63, 3.8) is 0 Å². The summed E-state index contributed by atoms with van der Waals surface area (Å²) in [4.78, 5) is 0. The van der Waals surface area contributed by atoms with Crippen molar-refractivity contribution >= 4 is 65.4 Å². The molecule has 69 heavy (non-hydrogen) atoms. The van der Waals surface area contributed by atoms with E-state index in [4.69, 9.17) is 0 Å². The van der Waals surface area contributed by atoms with Crippen molar-refractivity contribution in [2.45, 2.75) is 39.0 Å². The van der Waals surface area contributed by atoms with Gasteiger partial charge in [-0.15, -0.1) is 0 Å². The zero-order chi connectivity index (χ0) is 46.1. The maximum atomic E-state index is 2.50. The van der Waals surface area contributed by atoms with Crippen molar-refractivity contribution in [1.82, 2.24) is 13.7 Å². The van der Waals surface area contributed by atoms with Crippen LogP contribution in [0.15, 0.2) is 218 Å². The second-order valence-corrected chi connectivity index (χ2v) is 19.8. The van der Waals surface area contributed by atoms with Gasteiger partial charge in [-0.05, 0) is 142 Å². The van der Waals surface area contributed by atoms with E-state index in [2.05, 4.69) is 260 Å². The van der Waals surface area contributed by atoms with E-state index >= 15 is 0 Å². The van der Waals surface area contributed by atoms with Crippen molar-refractivity contribution in [1.29, 1.82) is 0 Å². The summed E-state index contributed by atoms with van der Waals surface area (Å²) in [6.07, 6.45) is 0. The van der Waals surface area contributed by atoms with Gasteiger partial charge in [0, 0.05) is 60.7 Å². The van der Waals surface area contributed by atoms with E-state index in [9.17, 15) is 0 Å². The van der Waals surface area contributed by atoms with Gasteiger partial charge in [-0.1, -0.05) is 154 Å². The molecule has 3 heterocycles. The van der Waals surface area contributed by atoms with Crippen molar-refractivity contribution in [3.05, 3.63) is 246 Å². The number of aromatic nitrogens is 3. The number of nitrogens with zero attached hydrogens (tertiary/aromatic N) is 3. The molecule has 3 heteroatoms. The predicted molar refractivity (Wildman–Crippen MR) is 291 cm³/mol. The molecule has 1 atom stereocenters. The monoisotopic (exact) mass is 883 g/mol. The molecule has 0 aliphatic heterocycles. The van der Waals surface area contributed by atoms with Crippen LogP contribution < -0.4 is 0 Å². The van der Waals surface area contributed by atoms with Crippen LogP contribution in [0.1, 0.15) is 54.5 Å². The van der Waals surface area contributed by atoms with E-state index in [0.717, 1.165) is 11.4 Å². The average molecular weight is 884 g/mol. The highest BCUT2D eigenvalue weighted by Crippen LogP contribution is 2.53. The first kappa shape index (κ1) is 39.7. The van der Waals surface area contributed by atoms with E-state index in [1.807, 2.05) is 0 Å². The van der Waals surface area contributed by atoms with Gasteiger partial charge in [-0.3, -0.25) is 0 Å². The van der Waals surface area contributed by atoms with Crippen LogP contribution in [0.5, 0.6) is 0 Å². The van der Waals surface area contributed by atoms with Crippen LogP contribution in [-0.2, 0) is 5.41 Å². The lowest BCUT2D eigenvalue weighted by Gasteiger charge is -2.22. The van der Waals surface area contributed by atoms with Gasteiger partial charge in [0.2, 0.25) is 0 Å². The molecule has 3 aromatic heterocycles. The van der Waals surface area contributed by atoms with Gasteiger partial charge in [0.15, 0.2) is 0 Å². The number of benzene rings is 10. The zero-order valence-corrected chi connectivity index (χ0v) is 39.2. The maximum Gasteiger partial charge on any atom is 0.0544 e. The van der Waals surface area contributed by atoms with Crippen LogP contribution in [0.4, 0.5) is 0 Å². The van der Waals surface area contributed by atoms with Crippen LogP contribution in [0, 0.1) is 6.92 Å². The number of fused-ring (bicyclic) bond motifs is 12. The second-order valence-electron chi connectivity index (χ2n) is 19.8. The quantitative estimate of drug-likeness (QED) is 0.158. The summed E-state index contributed by atoms with van der Waals surface area (Å²) < 4.78 is 7.36. The fourth-order valence-corrected chi connectivity index (χ4v) is 12.2. The lowest BCUT2D eigenvalue weighted by Crippen LogP contribution is -2.15. The topological polar surface area (TPSA) is 14.8 Å². The van der Waals surface area contributed by atoms with Gasteiger partial charge in [0.05, 0.1) is 33.1 Å². The summed E-state index contributed by atoms with van der Waals surface area (Å²) in [5.74, 6) is 0.228. The molecule has 14 rings (SSSR count). The first-order chi connectivity index (χ1) is 33.8. The smallest absolute Gasteiger partial charge is 0.0544 e. The number of para-hydroxylation sites is 4. The highest BCUT2D eigenvalue weighted by atomic mass is 15.0. The molecule has 0 bridgehead atoms. The van der Waals surface area contributed by atoms with Crippen LogP contribution in [0.3, 0.4) is 0 Å². The number of rotatable bonds is 6. The molecular formula is C66H49N3. The third-order valence-electron chi connectivity index (χ3n) is 15.7. The highest BCUT2D eigenvalue weighted by Gasteiger charge is 2.37. The van der Waals surface area contributed by atoms with Gasteiger partial charge in [-0.25, -0.2) is 0 Å². The fourth-order valence-electron chi connectivity index (χ4n) is 12.2. The summed E-state index contributed by atoms with van der Waals surface area (Å²) in [6.45, 7) is 9.38. The lowest BCUT2D eigenvalue weighted by atomic mass is 9.82. The Hall–Kier alpha value is -8.40. The summed E-state index contributed by atoms with van der Waals surface area (Å²) >= 11 is 0. The Balaban J connectivity index is 0.883. The van der Waals surface area contributed by atoms with Crippen molar-refractivity contribution in [2.75, 3.05) is 0 Å². The summed E-state index contributed by atoms with van der Waals surface area (Å²) in [5, 5.41) is 7.64. The van der Waals surface area contributed by atoms with Crippen molar-refractivity contribution in [3.8, 4) is 39.3 Å². The maximum absolute atomic E-state index is 2.50. The van der Waals surface area contributed by atoms with E-state index in [0.29, 0.717) is 0 Å². The molecule has 0 N–H and O–H groups in total. The Morgan fingerprint density at radius 3 is 1.16 bits per heavy atom. The molecule has 10 aromatic carbocycles. The van der Waals surface area contributed by atoms with E-state index < -0.39 is 0 Å². The van der Waals surface area contributed by atoms with Crippen molar-refractivity contribution in [2.24, 2.45) is 0 Å². The number of hydrogen-bond acceptors (Lipinski definition) is 0. The second kappa shape index (κ2) is 14.8. The Morgan fingerprint density at radius 1 is 0.333 bits per heavy atom. The molecule has 0 spiro atoms. The van der Waals surface area contributed by atoms with E-state index in [1.165, 1.54) is 121 Å². The molecule has 1 aliphatic carbocycles. The minimum atomic E-state index is -0.236. The molecule has 0 saturated heterocycles. The predicted octanol–water partition coefficient (Wildman–Crippen LogP) is 17.4. The standard InChI is InChI=1S/C66H49N3/c1-41-17-5-6-18-47(41)49-20-8-7-19-48(49)42(2)43-29-31-44(32-30-43)68-62-27-15-11-23-52(62)56-37-54-55-38-57-53-24-12-16-28-63(53)69(65(57)40-59(55)66(3,4)58(54)39-64(56)68)46-35-33-45(34-36-46)67-60-25-13-9-21-50(60)51-22-10-14-26-61(51)67/h5-40,42H,1-4H3. The van der Waals surface area contributed by atoms with E-state index in [1.54, 1.807) is 0 Å². The normalized spacial score (nSPS) is 13.6. The molecule has 0 fully saturated rings. The molecule has 328 valence electrons. The molecule has 1 aliphatic rings. The molecular weight excluding hydrogens is 835 g/mol. The zero-order valence-electron chi connectivity index (χ0n) is 39.2. The SMILES string of the molecule is Cc1ccccc1-c1ccccc1C(C)c1ccc(-n2c3ccccc3c3cc4c(cc32)C(C)(C)c2cc3c(cc2-4)c2ccccc2n3-c2ccc(-n3c4ccccc4c4ccccc43)cc2)cc1. The Labute approximate surface area is 401 Å². The first-order valence-electron chi connectivity index (χ1n) is 24.3. The summed E-state index contributed by atoms with van der Waals surface area (Å²) in [5.41, 5.74) is 22.5. The third kappa shape index (κ3) is 5.74. The van der Waals surface area contributed by atoms with Gasteiger partial charge < -0.3 is 13.7 Å². The van der Waals surface area contributed by atoms with Gasteiger partial charge in [0.1, 0.15) is 0 Å². The van der Waals surface area contributed by atoms with Crippen molar-refractivity contribution < 1.29 is 0 Å².